The first kappa shape index (κ1) is 85.1. The molecule has 1 N–H and O–H groups in total. The minimum Gasteiger partial charge on any atom is -0.477 e. The van der Waals surface area contributed by atoms with Crippen molar-refractivity contribution in [2.45, 2.75) is 257 Å². The van der Waals surface area contributed by atoms with E-state index in [2.05, 4.69) is 208 Å². The summed E-state index contributed by atoms with van der Waals surface area (Å²) in [5, 5.41) is 9.75. The molecular weight excluding hydrogens is 1130 g/mol. The van der Waals surface area contributed by atoms with E-state index in [0.717, 1.165) is 141 Å². The van der Waals surface area contributed by atoms with E-state index in [1.165, 1.54) is 70.6 Å². The maximum Gasteiger partial charge on any atom is 0.361 e. The third-order valence-electron chi connectivity index (χ3n) is 14.3. The van der Waals surface area contributed by atoms with Crippen LogP contribution in [0.15, 0.2) is 194 Å². The Morgan fingerprint density at radius 3 is 0.890 bits per heavy atom. The molecule has 2 atom stereocenters. The Bertz CT molecular complexity index is 2200. The lowest BCUT2D eigenvalue weighted by molar-refractivity contribution is -0.870. The van der Waals surface area contributed by atoms with E-state index in [1.54, 1.807) is 0 Å². The Morgan fingerprint density at radius 1 is 0.330 bits per heavy atom. The van der Waals surface area contributed by atoms with Gasteiger partial charge < -0.3 is 28.5 Å². The Hall–Kier alpha value is -5.87. The standard InChI is InChI=1S/C82H129NO8/c1-6-8-10-12-14-16-18-20-22-24-26-28-30-32-34-36-37-38-39-40-41-42-43-45-47-49-51-53-55-57-59-61-63-65-67-69-71-73-80(85)91-78(77-90-82(81(86)87)88-75-74-83(3,4)5)76-89-79(84)72-70-68-66-64-62-60-58-56-54-52-50-48-46-44-35-33-31-29-27-25-23-21-19-17-15-13-11-9-7-2/h8-11,14-17,20-23,26-29,32-35,37-38,40-41,43,45,49,51,55,57,61,63,78,82H,6-7,12-13,18-19,24-25,30-31,36,39,42,44,46-48,50,52-54,56,58-60,62,64-77H2,1-5H3/p+1/b10-8-,11-9-,16-14-,17-15-,22-20-,23-21-,28-26-,29-27-,34-32-,35-33-,38-37-,41-40-,45-43-,51-49-,57-55-,63-61-. The predicted octanol–water partition coefficient (Wildman–Crippen LogP) is 22.6. The average molecular weight is 1260 g/mol. The quantitative estimate of drug-likeness (QED) is 0.0211. The van der Waals surface area contributed by atoms with Crippen molar-refractivity contribution in [1.82, 2.24) is 0 Å². The molecule has 9 heteroatoms. The molecule has 9 nitrogen and oxygen atoms in total. The molecule has 0 rings (SSSR count). The number of rotatable bonds is 63. The number of aliphatic carboxylic acids is 1. The zero-order valence-electron chi connectivity index (χ0n) is 58.2. The van der Waals surface area contributed by atoms with E-state index >= 15 is 0 Å². The number of carbonyl (C=O) groups excluding carboxylic acids is 2. The van der Waals surface area contributed by atoms with Crippen molar-refractivity contribution in [3.8, 4) is 0 Å². The van der Waals surface area contributed by atoms with Crippen LogP contribution in [0, 0.1) is 0 Å². The Labute approximate surface area is 557 Å². The monoisotopic (exact) mass is 1260 g/mol. The molecule has 0 amide bonds. The third kappa shape index (κ3) is 71.4. The Kier molecular flexibility index (Phi) is 65.5. The fourth-order valence-corrected chi connectivity index (χ4v) is 8.99. The van der Waals surface area contributed by atoms with Gasteiger partial charge in [0.05, 0.1) is 34.4 Å². The van der Waals surface area contributed by atoms with Crippen molar-refractivity contribution >= 4 is 17.9 Å². The van der Waals surface area contributed by atoms with Gasteiger partial charge in [-0.3, -0.25) is 9.59 Å². The van der Waals surface area contributed by atoms with Crippen LogP contribution in [0.5, 0.6) is 0 Å². The lowest BCUT2D eigenvalue weighted by Gasteiger charge is -2.25. The number of nitrogens with zero attached hydrogens (tertiary/aromatic N) is 1. The molecule has 0 aliphatic rings. The highest BCUT2D eigenvalue weighted by molar-refractivity contribution is 5.71. The summed E-state index contributed by atoms with van der Waals surface area (Å²) in [7, 11) is 5.95. The highest BCUT2D eigenvalue weighted by Gasteiger charge is 2.25. The highest BCUT2D eigenvalue weighted by atomic mass is 16.7. The van der Waals surface area contributed by atoms with Crippen molar-refractivity contribution in [2.75, 3.05) is 47.5 Å². The lowest BCUT2D eigenvalue weighted by Crippen LogP contribution is -2.40. The van der Waals surface area contributed by atoms with Gasteiger partial charge in [0.2, 0.25) is 0 Å². The average Bonchev–Trinajstić information content (AvgIpc) is 3.50. The lowest BCUT2D eigenvalue weighted by atomic mass is 10.0. The number of quaternary nitrogens is 1. The largest absolute Gasteiger partial charge is 0.477 e. The first-order valence-corrected chi connectivity index (χ1v) is 35.6. The number of hydrogen-bond donors (Lipinski definition) is 1. The van der Waals surface area contributed by atoms with Gasteiger partial charge >= 0.3 is 17.9 Å². The molecular formula is C82H130NO8+. The summed E-state index contributed by atoms with van der Waals surface area (Å²) < 4.78 is 22.9. The molecule has 0 bridgehead atoms. The van der Waals surface area contributed by atoms with E-state index in [9.17, 15) is 19.5 Å². The zero-order valence-corrected chi connectivity index (χ0v) is 58.2. The number of ether oxygens (including phenoxy) is 4. The molecule has 0 saturated heterocycles. The number of unbranched alkanes of at least 4 members (excludes halogenated alkanes) is 16. The second-order valence-electron chi connectivity index (χ2n) is 24.1. The van der Waals surface area contributed by atoms with E-state index in [4.69, 9.17) is 18.9 Å². The maximum absolute atomic E-state index is 12.9. The summed E-state index contributed by atoms with van der Waals surface area (Å²) in [4.78, 5) is 37.6. The molecule has 0 aromatic heterocycles. The minimum absolute atomic E-state index is 0.170. The van der Waals surface area contributed by atoms with Gasteiger partial charge in [-0.15, -0.1) is 0 Å². The molecule has 0 saturated carbocycles. The van der Waals surface area contributed by atoms with Crippen molar-refractivity contribution in [1.29, 1.82) is 0 Å². The van der Waals surface area contributed by atoms with Crippen molar-refractivity contribution in [3.63, 3.8) is 0 Å². The van der Waals surface area contributed by atoms with E-state index in [-0.39, 0.29) is 38.6 Å². The summed E-state index contributed by atoms with van der Waals surface area (Å²) in [6, 6.07) is 0. The van der Waals surface area contributed by atoms with E-state index < -0.39 is 24.3 Å². The second kappa shape index (κ2) is 70.0. The first-order valence-electron chi connectivity index (χ1n) is 35.6. The van der Waals surface area contributed by atoms with Gasteiger partial charge in [-0.2, -0.15) is 0 Å². The van der Waals surface area contributed by atoms with E-state index in [1.807, 2.05) is 21.1 Å². The molecule has 0 radical (unpaired) electrons. The van der Waals surface area contributed by atoms with Gasteiger partial charge in [0.25, 0.3) is 6.29 Å². The van der Waals surface area contributed by atoms with Gasteiger partial charge in [0.1, 0.15) is 13.2 Å². The number of esters is 2. The van der Waals surface area contributed by atoms with Gasteiger partial charge in [0, 0.05) is 12.8 Å². The molecule has 0 heterocycles. The van der Waals surface area contributed by atoms with Crippen LogP contribution in [0.1, 0.15) is 245 Å². The summed E-state index contributed by atoms with van der Waals surface area (Å²) in [6.07, 6.45) is 105. The summed E-state index contributed by atoms with van der Waals surface area (Å²) in [6.45, 7) is 4.59. The summed E-state index contributed by atoms with van der Waals surface area (Å²) in [5.74, 6) is -2.07. The molecule has 510 valence electrons. The van der Waals surface area contributed by atoms with Gasteiger partial charge in [-0.1, -0.05) is 285 Å². The zero-order chi connectivity index (χ0) is 66.1. The number of hydrogen-bond acceptors (Lipinski definition) is 7. The maximum atomic E-state index is 12.9. The Morgan fingerprint density at radius 2 is 0.593 bits per heavy atom. The Balaban J connectivity index is 4.26. The number of carbonyl (C=O) groups is 3. The molecule has 0 fully saturated rings. The molecule has 2 unspecified atom stereocenters. The van der Waals surface area contributed by atoms with Crippen LogP contribution in [-0.4, -0.2) is 87.4 Å². The first-order chi connectivity index (χ1) is 44.6. The SMILES string of the molecule is CC/C=C\C/C=C\C/C=C\C/C=C\C/C=C\C/C=C\C/C=C\C/C=C\C/C=C\C/C=C\C/C=C\CCCCCC(=O)OC(COC(=O)CCCCCCCCCCCCCCC/C=C\C/C=C\C/C=C\C/C=C\C/C=C\CC)COC(OCC[N+](C)(C)C)C(=O)O. The molecule has 0 aliphatic heterocycles. The number of allylic oxidation sites excluding steroid dienone is 32. The predicted molar refractivity (Wildman–Crippen MR) is 391 cm³/mol. The fourth-order valence-electron chi connectivity index (χ4n) is 8.99. The van der Waals surface area contributed by atoms with Crippen molar-refractivity contribution < 1.29 is 42.9 Å². The second-order valence-corrected chi connectivity index (χ2v) is 24.1. The molecule has 0 aromatic carbocycles. The van der Waals surface area contributed by atoms with Crippen LogP contribution in [0.4, 0.5) is 0 Å². The fraction of sp³-hybridized carbons (Fsp3) is 0.573. The number of carboxylic acid groups (broad SMARTS) is 1. The normalized spacial score (nSPS) is 13.9. The minimum atomic E-state index is -1.53. The van der Waals surface area contributed by atoms with E-state index in [0.29, 0.717) is 17.4 Å². The van der Waals surface area contributed by atoms with Crippen LogP contribution >= 0.6 is 0 Å². The molecule has 0 aromatic rings. The van der Waals surface area contributed by atoms with Gasteiger partial charge in [-0.05, 0) is 141 Å². The van der Waals surface area contributed by atoms with Gasteiger partial charge in [-0.25, -0.2) is 4.79 Å². The topological polar surface area (TPSA) is 108 Å². The van der Waals surface area contributed by atoms with Gasteiger partial charge in [0.15, 0.2) is 6.10 Å². The van der Waals surface area contributed by atoms with Crippen LogP contribution < -0.4 is 0 Å². The number of likely N-dealkylation sites (N-methyl/N-ethyl adjacent to an activating group) is 1. The molecule has 0 spiro atoms. The smallest absolute Gasteiger partial charge is 0.361 e. The van der Waals surface area contributed by atoms with Crippen LogP contribution in [0.25, 0.3) is 0 Å². The van der Waals surface area contributed by atoms with Crippen molar-refractivity contribution in [2.24, 2.45) is 0 Å². The summed E-state index contributed by atoms with van der Waals surface area (Å²) in [5.41, 5.74) is 0. The van der Waals surface area contributed by atoms with Crippen LogP contribution in [-0.2, 0) is 33.3 Å². The van der Waals surface area contributed by atoms with Crippen molar-refractivity contribution in [3.05, 3.63) is 194 Å². The highest BCUT2D eigenvalue weighted by Crippen LogP contribution is 2.15. The number of carboxylic acids is 1. The van der Waals surface area contributed by atoms with Crippen LogP contribution in [0.2, 0.25) is 0 Å². The van der Waals surface area contributed by atoms with Crippen LogP contribution in [0.3, 0.4) is 0 Å². The third-order valence-corrected chi connectivity index (χ3v) is 14.3. The summed E-state index contributed by atoms with van der Waals surface area (Å²) >= 11 is 0. The molecule has 91 heavy (non-hydrogen) atoms. The molecule has 0 aliphatic carbocycles.